The van der Waals surface area contributed by atoms with Crippen molar-refractivity contribution in [3.63, 3.8) is 0 Å². The van der Waals surface area contributed by atoms with Gasteiger partial charge in [0, 0.05) is 0 Å². The largest absolute Gasteiger partial charge is 0.0856 e. The van der Waals surface area contributed by atoms with Crippen molar-refractivity contribution in [1.82, 2.24) is 0 Å². The van der Waals surface area contributed by atoms with Crippen LogP contribution in [0.15, 0.2) is 23.3 Å². The molecule has 11 heavy (non-hydrogen) atoms. The maximum Gasteiger partial charge on any atom is -0.0313 e. The van der Waals surface area contributed by atoms with Crippen LogP contribution in [-0.2, 0) is 0 Å². The van der Waals surface area contributed by atoms with Gasteiger partial charge in [-0.05, 0) is 47.0 Å². The Kier molecular flexibility index (Phi) is 5.91. The zero-order valence-electron chi connectivity index (χ0n) is 7.98. The zero-order chi connectivity index (χ0) is 8.69. The summed E-state index contributed by atoms with van der Waals surface area (Å²) in [7, 11) is 0. The van der Waals surface area contributed by atoms with Gasteiger partial charge in [-0.2, -0.15) is 0 Å². The lowest BCUT2D eigenvalue weighted by Crippen LogP contribution is -1.73. The Hall–Kier alpha value is -0.520. The predicted molar refractivity (Wildman–Crippen MR) is 52.4 cm³/mol. The van der Waals surface area contributed by atoms with Gasteiger partial charge in [-0.15, -0.1) is 0 Å². The van der Waals surface area contributed by atoms with Gasteiger partial charge < -0.3 is 0 Å². The Labute approximate surface area is 71.0 Å². The highest BCUT2D eigenvalue weighted by Crippen LogP contribution is 2.03. The smallest absolute Gasteiger partial charge is 0.0313 e. The molecule has 0 aliphatic carbocycles. The first-order valence-electron chi connectivity index (χ1n) is 4.25. The van der Waals surface area contributed by atoms with Crippen molar-refractivity contribution >= 4 is 0 Å². The molecule has 63 valence electrons. The second-order valence-electron chi connectivity index (χ2n) is 3.16. The van der Waals surface area contributed by atoms with E-state index in [0.29, 0.717) is 0 Å². The van der Waals surface area contributed by atoms with Crippen LogP contribution < -0.4 is 0 Å². The van der Waals surface area contributed by atoms with Gasteiger partial charge in [0.25, 0.3) is 0 Å². The molecule has 0 bridgehead atoms. The van der Waals surface area contributed by atoms with Gasteiger partial charge in [0.2, 0.25) is 0 Å². The van der Waals surface area contributed by atoms with Crippen LogP contribution >= 0.6 is 0 Å². The van der Waals surface area contributed by atoms with Crippen LogP contribution in [0.5, 0.6) is 0 Å². The fourth-order valence-electron chi connectivity index (χ4n) is 0.804. The van der Waals surface area contributed by atoms with Crippen molar-refractivity contribution < 1.29 is 0 Å². The van der Waals surface area contributed by atoms with Gasteiger partial charge in [0.15, 0.2) is 0 Å². The molecule has 0 saturated heterocycles. The van der Waals surface area contributed by atoms with Crippen LogP contribution in [0.4, 0.5) is 0 Å². The maximum absolute atomic E-state index is 3.82. The highest BCUT2D eigenvalue weighted by molar-refractivity contribution is 5.01. The molecule has 0 spiro atoms. The van der Waals surface area contributed by atoms with E-state index in [1.165, 1.54) is 17.6 Å². The minimum absolute atomic E-state index is 0.939. The summed E-state index contributed by atoms with van der Waals surface area (Å²) in [6.45, 7) is 10.2. The molecule has 0 heterocycles. The van der Waals surface area contributed by atoms with E-state index >= 15 is 0 Å². The van der Waals surface area contributed by atoms with E-state index in [0.717, 1.165) is 12.8 Å². The topological polar surface area (TPSA) is 0 Å². The molecule has 0 aromatic carbocycles. The maximum atomic E-state index is 3.82. The van der Waals surface area contributed by atoms with Gasteiger partial charge in [0.05, 0.1) is 0 Å². The molecule has 0 unspecified atom stereocenters. The molecule has 0 aromatic rings. The molecule has 0 aromatic heterocycles. The van der Waals surface area contributed by atoms with Crippen LogP contribution in [0.3, 0.4) is 0 Å². The third-order valence-corrected chi connectivity index (χ3v) is 1.61. The minimum atomic E-state index is 0.939. The number of hydrogen-bond acceptors (Lipinski definition) is 0. The lowest BCUT2D eigenvalue weighted by atomic mass is 10.1. The molecule has 1 radical (unpaired) electrons. The lowest BCUT2D eigenvalue weighted by molar-refractivity contribution is 1.01. The average molecular weight is 151 g/mol. The molecule has 0 aliphatic rings. The van der Waals surface area contributed by atoms with Crippen molar-refractivity contribution in [2.24, 2.45) is 0 Å². The zero-order valence-corrected chi connectivity index (χ0v) is 7.98. The van der Waals surface area contributed by atoms with Crippen LogP contribution in [0.25, 0.3) is 0 Å². The van der Waals surface area contributed by atoms with Gasteiger partial charge in [0.1, 0.15) is 0 Å². The summed E-state index contributed by atoms with van der Waals surface area (Å²) in [5.74, 6) is 0. The van der Waals surface area contributed by atoms with E-state index in [4.69, 9.17) is 0 Å². The summed E-state index contributed by atoms with van der Waals surface area (Å²) in [5.41, 5.74) is 2.80. The Morgan fingerprint density at radius 1 is 1.09 bits per heavy atom. The second-order valence-corrected chi connectivity index (χ2v) is 3.16. The monoisotopic (exact) mass is 151 g/mol. The number of hydrogen-bond donors (Lipinski definition) is 0. The van der Waals surface area contributed by atoms with Crippen molar-refractivity contribution in [2.45, 2.75) is 40.0 Å². The van der Waals surface area contributed by atoms with E-state index in [1.54, 1.807) is 0 Å². The van der Waals surface area contributed by atoms with Crippen LogP contribution in [0.1, 0.15) is 40.0 Å². The van der Waals surface area contributed by atoms with Gasteiger partial charge in [-0.25, -0.2) is 0 Å². The number of unbranched alkanes of at least 4 members (excludes halogenated alkanes) is 1. The third-order valence-electron chi connectivity index (χ3n) is 1.61. The van der Waals surface area contributed by atoms with E-state index < -0.39 is 0 Å². The summed E-state index contributed by atoms with van der Waals surface area (Å²) < 4.78 is 0. The molecule has 0 aliphatic heterocycles. The number of allylic oxidation sites excluding steroid dienone is 4. The summed E-state index contributed by atoms with van der Waals surface area (Å²) in [6.07, 6.45) is 7.81. The van der Waals surface area contributed by atoms with Crippen molar-refractivity contribution in [3.8, 4) is 0 Å². The van der Waals surface area contributed by atoms with Gasteiger partial charge in [-0.1, -0.05) is 23.3 Å². The number of rotatable bonds is 4. The molecule has 0 heteroatoms. The van der Waals surface area contributed by atoms with Crippen molar-refractivity contribution in [1.29, 1.82) is 0 Å². The molecule has 0 N–H and O–H groups in total. The Balaban J connectivity index is 3.49. The molecule has 0 saturated carbocycles. The van der Waals surface area contributed by atoms with Gasteiger partial charge in [-0.3, -0.25) is 0 Å². The first-order valence-corrected chi connectivity index (χ1v) is 4.25. The molecule has 0 rings (SSSR count). The molecule has 0 amide bonds. The standard InChI is InChI=1S/C11H19/c1-5-11(4)9-7-6-8-10(2)3/h8-9H,1,5-7H2,2-4H3. The molecule has 0 nitrogen and oxygen atoms in total. The third kappa shape index (κ3) is 7.38. The highest BCUT2D eigenvalue weighted by atomic mass is 13.9. The first kappa shape index (κ1) is 10.5. The first-order chi connectivity index (χ1) is 5.16. The molecule has 0 atom stereocenters. The summed E-state index contributed by atoms with van der Waals surface area (Å²) in [4.78, 5) is 0. The Morgan fingerprint density at radius 3 is 2.09 bits per heavy atom. The fraction of sp³-hybridized carbons (Fsp3) is 0.545. The quantitative estimate of drug-likeness (QED) is 0.422. The van der Waals surface area contributed by atoms with Crippen LogP contribution in [-0.4, -0.2) is 0 Å². The van der Waals surface area contributed by atoms with E-state index in [-0.39, 0.29) is 0 Å². The van der Waals surface area contributed by atoms with Crippen LogP contribution in [0, 0.1) is 6.92 Å². The predicted octanol–water partition coefficient (Wildman–Crippen LogP) is 3.90. The minimum Gasteiger partial charge on any atom is -0.0856 e. The van der Waals surface area contributed by atoms with Crippen molar-refractivity contribution in [2.75, 3.05) is 0 Å². The highest BCUT2D eigenvalue weighted by Gasteiger charge is 1.83. The van der Waals surface area contributed by atoms with E-state index in [1.807, 2.05) is 0 Å². The Morgan fingerprint density at radius 2 is 1.64 bits per heavy atom. The summed E-state index contributed by atoms with van der Waals surface area (Å²) in [5, 5.41) is 0. The molecular formula is C11H19. The normalized spacial score (nSPS) is 11.5. The lowest BCUT2D eigenvalue weighted by Gasteiger charge is -1.93. The van der Waals surface area contributed by atoms with Gasteiger partial charge >= 0.3 is 0 Å². The second kappa shape index (κ2) is 6.21. The van der Waals surface area contributed by atoms with E-state index in [9.17, 15) is 0 Å². The Bertz CT molecular complexity index is 145. The van der Waals surface area contributed by atoms with Crippen LogP contribution in [0.2, 0.25) is 0 Å². The molecular weight excluding hydrogens is 132 g/mol. The van der Waals surface area contributed by atoms with Crippen molar-refractivity contribution in [3.05, 3.63) is 30.2 Å². The SMILES string of the molecule is [CH2]CC(C)=CCCC=C(C)C. The summed E-state index contributed by atoms with van der Waals surface area (Å²) >= 11 is 0. The average Bonchev–Trinajstić information content (AvgIpc) is 1.97. The molecule has 0 fully saturated rings. The van der Waals surface area contributed by atoms with E-state index in [2.05, 4.69) is 39.8 Å². The fourth-order valence-corrected chi connectivity index (χ4v) is 0.804. The summed E-state index contributed by atoms with van der Waals surface area (Å²) in [6, 6.07) is 0.